The van der Waals surface area contributed by atoms with Crippen LogP contribution in [0.2, 0.25) is 0 Å². The van der Waals surface area contributed by atoms with Gasteiger partial charge in [0.25, 0.3) is 0 Å². The van der Waals surface area contributed by atoms with Crippen molar-refractivity contribution in [1.82, 2.24) is 10.6 Å². The normalized spacial score (nSPS) is 10.4. The molecule has 2 N–H and O–H groups in total. The van der Waals surface area contributed by atoms with Crippen LogP contribution in [0.4, 0.5) is 0 Å². The van der Waals surface area contributed by atoms with Crippen LogP contribution in [0.1, 0.15) is 20.3 Å². The Morgan fingerprint density at radius 1 is 1.22 bits per heavy atom. The van der Waals surface area contributed by atoms with E-state index in [-0.39, 0.29) is 5.91 Å². The minimum atomic E-state index is 0.0245. The van der Waals surface area contributed by atoms with Gasteiger partial charge in [-0.15, -0.1) is 0 Å². The van der Waals surface area contributed by atoms with Crippen molar-refractivity contribution in [3.05, 3.63) is 30.3 Å². The highest BCUT2D eigenvalue weighted by Crippen LogP contribution is 2.08. The van der Waals surface area contributed by atoms with Crippen LogP contribution in [-0.2, 0) is 4.79 Å². The lowest BCUT2D eigenvalue weighted by molar-refractivity contribution is -0.121. The van der Waals surface area contributed by atoms with Crippen molar-refractivity contribution in [1.29, 1.82) is 0 Å². The molecule has 0 saturated carbocycles. The monoisotopic (exact) mass is 250 g/mol. The van der Waals surface area contributed by atoms with Crippen molar-refractivity contribution in [3.8, 4) is 5.75 Å². The van der Waals surface area contributed by atoms with Gasteiger partial charge in [-0.25, -0.2) is 0 Å². The Kier molecular flexibility index (Phi) is 6.87. The maximum Gasteiger partial charge on any atom is 0.223 e. The molecule has 18 heavy (non-hydrogen) atoms. The minimum Gasteiger partial charge on any atom is -0.493 e. The summed E-state index contributed by atoms with van der Waals surface area (Å²) in [6.45, 7) is 6.02. The Bertz CT molecular complexity index is 339. The summed E-state index contributed by atoms with van der Waals surface area (Å²) < 4.78 is 5.44. The van der Waals surface area contributed by atoms with Gasteiger partial charge in [0.1, 0.15) is 5.75 Å². The van der Waals surface area contributed by atoms with Gasteiger partial charge in [0.2, 0.25) is 5.91 Å². The number of carbonyl (C=O) groups is 1. The average Bonchev–Trinajstić information content (AvgIpc) is 2.36. The van der Waals surface area contributed by atoms with Gasteiger partial charge in [-0.2, -0.15) is 0 Å². The van der Waals surface area contributed by atoms with Crippen LogP contribution in [-0.4, -0.2) is 31.6 Å². The summed E-state index contributed by atoms with van der Waals surface area (Å²) in [5, 5.41) is 6.08. The fraction of sp³-hybridized carbons (Fsp3) is 0.500. The zero-order valence-electron chi connectivity index (χ0n) is 11.1. The summed E-state index contributed by atoms with van der Waals surface area (Å²) in [5.74, 6) is 0.822. The van der Waals surface area contributed by atoms with Gasteiger partial charge < -0.3 is 15.4 Å². The molecule has 0 saturated heterocycles. The lowest BCUT2D eigenvalue weighted by Gasteiger charge is -2.09. The second-order valence-electron chi connectivity index (χ2n) is 4.37. The topological polar surface area (TPSA) is 50.4 Å². The molecule has 0 aliphatic heterocycles. The maximum atomic E-state index is 11.5. The first-order valence-corrected chi connectivity index (χ1v) is 6.36. The van der Waals surface area contributed by atoms with E-state index < -0.39 is 0 Å². The Morgan fingerprint density at radius 2 is 1.94 bits per heavy atom. The van der Waals surface area contributed by atoms with E-state index >= 15 is 0 Å². The molecule has 0 unspecified atom stereocenters. The lowest BCUT2D eigenvalue weighted by atomic mass is 10.3. The first kappa shape index (κ1) is 14.5. The highest BCUT2D eigenvalue weighted by molar-refractivity contribution is 5.75. The molecule has 4 nitrogen and oxygen atoms in total. The van der Waals surface area contributed by atoms with Crippen LogP contribution in [0.15, 0.2) is 30.3 Å². The number of hydrogen-bond acceptors (Lipinski definition) is 3. The van der Waals surface area contributed by atoms with E-state index in [9.17, 15) is 4.79 Å². The molecule has 1 aromatic rings. The standard InChI is InChI=1S/C14H22N2O2/c1-12(2)15-9-10-16-14(17)8-11-18-13-6-4-3-5-7-13/h3-7,12,15H,8-11H2,1-2H3,(H,16,17). The van der Waals surface area contributed by atoms with Crippen LogP contribution in [0, 0.1) is 0 Å². The molecule has 0 bridgehead atoms. The summed E-state index contributed by atoms with van der Waals surface area (Å²) in [4.78, 5) is 11.5. The third-order valence-corrected chi connectivity index (χ3v) is 2.34. The van der Waals surface area contributed by atoms with Crippen LogP contribution in [0.25, 0.3) is 0 Å². The number of amides is 1. The second kappa shape index (κ2) is 8.53. The van der Waals surface area contributed by atoms with Crippen molar-refractivity contribution < 1.29 is 9.53 Å². The van der Waals surface area contributed by atoms with Crippen LogP contribution in [0.5, 0.6) is 5.75 Å². The second-order valence-corrected chi connectivity index (χ2v) is 4.37. The molecule has 0 atom stereocenters. The summed E-state index contributed by atoms with van der Waals surface area (Å²) in [6.07, 6.45) is 0.385. The smallest absolute Gasteiger partial charge is 0.223 e. The number of rotatable bonds is 8. The Balaban J connectivity index is 2.03. The van der Waals surface area contributed by atoms with Crippen molar-refractivity contribution in [2.75, 3.05) is 19.7 Å². The van der Waals surface area contributed by atoms with E-state index in [4.69, 9.17) is 4.74 Å². The maximum absolute atomic E-state index is 11.5. The third-order valence-electron chi connectivity index (χ3n) is 2.34. The van der Waals surface area contributed by atoms with Crippen molar-refractivity contribution >= 4 is 5.91 Å². The van der Waals surface area contributed by atoms with E-state index in [1.165, 1.54) is 0 Å². The highest BCUT2D eigenvalue weighted by atomic mass is 16.5. The molecule has 4 heteroatoms. The van der Waals surface area contributed by atoms with E-state index in [1.807, 2.05) is 30.3 Å². The fourth-order valence-corrected chi connectivity index (χ4v) is 1.43. The predicted molar refractivity (Wildman–Crippen MR) is 72.7 cm³/mol. The molecule has 100 valence electrons. The summed E-state index contributed by atoms with van der Waals surface area (Å²) in [6, 6.07) is 9.96. The van der Waals surface area contributed by atoms with Crippen LogP contribution < -0.4 is 15.4 Å². The van der Waals surface area contributed by atoms with Gasteiger partial charge in [0.15, 0.2) is 0 Å². The summed E-state index contributed by atoms with van der Waals surface area (Å²) in [5.41, 5.74) is 0. The molecule has 1 aromatic carbocycles. The molecular weight excluding hydrogens is 228 g/mol. The number of hydrogen-bond donors (Lipinski definition) is 2. The van der Waals surface area contributed by atoms with Gasteiger partial charge in [0, 0.05) is 19.1 Å². The number of ether oxygens (including phenoxy) is 1. The van der Waals surface area contributed by atoms with Crippen molar-refractivity contribution in [2.45, 2.75) is 26.3 Å². The molecule has 0 fully saturated rings. The molecular formula is C14H22N2O2. The van der Waals surface area contributed by atoms with Gasteiger partial charge >= 0.3 is 0 Å². The quantitative estimate of drug-likeness (QED) is 0.689. The SMILES string of the molecule is CC(C)NCCNC(=O)CCOc1ccccc1. The largest absolute Gasteiger partial charge is 0.493 e. The molecule has 1 rings (SSSR count). The average molecular weight is 250 g/mol. The van der Waals surface area contributed by atoms with Gasteiger partial charge in [-0.1, -0.05) is 32.0 Å². The first-order valence-electron chi connectivity index (χ1n) is 6.36. The van der Waals surface area contributed by atoms with E-state index in [2.05, 4.69) is 24.5 Å². The van der Waals surface area contributed by atoms with Gasteiger partial charge in [-0.3, -0.25) is 4.79 Å². The Labute approximate surface area is 109 Å². The molecule has 1 amide bonds. The van der Waals surface area contributed by atoms with Gasteiger partial charge in [-0.05, 0) is 12.1 Å². The first-order chi connectivity index (χ1) is 8.68. The molecule has 0 heterocycles. The fourth-order valence-electron chi connectivity index (χ4n) is 1.43. The zero-order valence-corrected chi connectivity index (χ0v) is 11.1. The van der Waals surface area contributed by atoms with E-state index in [0.717, 1.165) is 12.3 Å². The molecule has 0 aliphatic rings. The molecule has 0 spiro atoms. The lowest BCUT2D eigenvalue weighted by Crippen LogP contribution is -2.35. The third kappa shape index (κ3) is 6.91. The van der Waals surface area contributed by atoms with E-state index in [1.54, 1.807) is 0 Å². The Morgan fingerprint density at radius 3 is 2.61 bits per heavy atom. The summed E-state index contributed by atoms with van der Waals surface area (Å²) >= 11 is 0. The number of benzene rings is 1. The molecule has 0 aromatic heterocycles. The number of para-hydroxylation sites is 1. The summed E-state index contributed by atoms with van der Waals surface area (Å²) in [7, 11) is 0. The van der Waals surface area contributed by atoms with E-state index in [0.29, 0.717) is 25.6 Å². The number of nitrogens with one attached hydrogen (secondary N) is 2. The Hall–Kier alpha value is -1.55. The van der Waals surface area contributed by atoms with Gasteiger partial charge in [0.05, 0.1) is 13.0 Å². The number of carbonyl (C=O) groups excluding carboxylic acids is 1. The van der Waals surface area contributed by atoms with Crippen LogP contribution in [0.3, 0.4) is 0 Å². The predicted octanol–water partition coefficient (Wildman–Crippen LogP) is 1.57. The molecule has 0 aliphatic carbocycles. The van der Waals surface area contributed by atoms with Crippen molar-refractivity contribution in [3.63, 3.8) is 0 Å². The zero-order chi connectivity index (χ0) is 13.2. The van der Waals surface area contributed by atoms with Crippen LogP contribution >= 0.6 is 0 Å². The highest BCUT2D eigenvalue weighted by Gasteiger charge is 2.01. The minimum absolute atomic E-state index is 0.0245. The molecule has 0 radical (unpaired) electrons. The van der Waals surface area contributed by atoms with Crippen molar-refractivity contribution in [2.24, 2.45) is 0 Å².